The number of benzene rings is 2. The molecule has 0 aliphatic heterocycles. The molecule has 40 heavy (non-hydrogen) atoms. The second-order valence-corrected chi connectivity index (χ2v) is 9.43. The second-order valence-electron chi connectivity index (χ2n) is 9.06. The van der Waals surface area contributed by atoms with E-state index in [1.807, 2.05) is 12.1 Å². The van der Waals surface area contributed by atoms with Crippen LogP contribution >= 0.6 is 12.2 Å². The fourth-order valence-corrected chi connectivity index (χ4v) is 4.99. The van der Waals surface area contributed by atoms with E-state index in [9.17, 15) is 18.0 Å². The minimum Gasteiger partial charge on any atom is -0.493 e. The van der Waals surface area contributed by atoms with Gasteiger partial charge in [-0.05, 0) is 77.6 Å². The van der Waals surface area contributed by atoms with E-state index in [2.05, 4.69) is 10.6 Å². The standard InChI is InChI=1S/C29H29F3N2O5S/c1-33-22-12-10-19-20(14-23(22)35)21(11-7-17-13-24(36-2)26(37-3)27(38-4)25(17)19)34-28(40)39-15-16-5-8-18(9-6-16)29(30,31)32/h5-6,8-10,12-14,21H,7,11,15H2,1-4H3,(H,33,35)(H,34,40)/t21-/m0/s1. The van der Waals surface area contributed by atoms with Crippen molar-refractivity contribution < 1.29 is 32.1 Å². The zero-order valence-corrected chi connectivity index (χ0v) is 23.2. The van der Waals surface area contributed by atoms with Crippen LogP contribution in [-0.4, -0.2) is 33.6 Å². The molecule has 212 valence electrons. The molecule has 0 amide bonds. The second kappa shape index (κ2) is 12.0. The summed E-state index contributed by atoms with van der Waals surface area (Å²) in [6.45, 7) is -0.0226. The molecule has 0 radical (unpaired) electrons. The SMILES string of the molecule is CNc1ccc2c(cc1=O)[C@@H](NC(=S)OCc1ccc(C(F)(F)F)cc1)CCc1cc(OC)c(OC)c(OC)c1-2. The highest BCUT2D eigenvalue weighted by atomic mass is 32.1. The molecule has 0 bridgehead atoms. The van der Waals surface area contributed by atoms with Gasteiger partial charge in [0.05, 0.1) is 38.6 Å². The number of hydrogen-bond acceptors (Lipinski definition) is 7. The Morgan fingerprint density at radius 1 is 1.00 bits per heavy atom. The average Bonchev–Trinajstić information content (AvgIpc) is 3.18. The van der Waals surface area contributed by atoms with Crippen LogP contribution in [-0.2, 0) is 23.9 Å². The number of thiocarbonyl (C=S) groups is 1. The Labute approximate surface area is 235 Å². The first-order chi connectivity index (χ1) is 19.1. The molecule has 3 aromatic carbocycles. The molecule has 0 saturated heterocycles. The van der Waals surface area contributed by atoms with Crippen molar-refractivity contribution in [2.24, 2.45) is 0 Å². The van der Waals surface area contributed by atoms with Crippen molar-refractivity contribution >= 4 is 23.1 Å². The minimum atomic E-state index is -4.42. The number of methoxy groups -OCH3 is 3. The predicted molar refractivity (Wildman–Crippen MR) is 150 cm³/mol. The zero-order chi connectivity index (χ0) is 29.0. The van der Waals surface area contributed by atoms with Gasteiger partial charge in [-0.3, -0.25) is 4.79 Å². The highest BCUT2D eigenvalue weighted by Crippen LogP contribution is 2.50. The van der Waals surface area contributed by atoms with Crippen LogP contribution in [0.2, 0.25) is 0 Å². The molecule has 0 fully saturated rings. The normalized spacial score (nSPS) is 14.2. The summed E-state index contributed by atoms with van der Waals surface area (Å²) in [6.07, 6.45) is -3.29. The smallest absolute Gasteiger partial charge is 0.416 e. The monoisotopic (exact) mass is 574 g/mol. The van der Waals surface area contributed by atoms with Crippen LogP contribution in [0.3, 0.4) is 0 Å². The summed E-state index contributed by atoms with van der Waals surface area (Å²) in [4.78, 5) is 13.1. The van der Waals surface area contributed by atoms with Gasteiger partial charge in [-0.1, -0.05) is 18.2 Å². The third-order valence-corrected chi connectivity index (χ3v) is 6.99. The molecule has 11 heteroatoms. The lowest BCUT2D eigenvalue weighted by atomic mass is 9.95. The third-order valence-electron chi connectivity index (χ3n) is 6.75. The van der Waals surface area contributed by atoms with Crippen LogP contribution in [0, 0.1) is 0 Å². The molecule has 0 aromatic heterocycles. The number of fused-ring (bicyclic) bond motifs is 3. The zero-order valence-electron chi connectivity index (χ0n) is 22.4. The van der Waals surface area contributed by atoms with E-state index in [0.29, 0.717) is 46.9 Å². The number of aryl methyl sites for hydroxylation is 1. The Bertz CT molecular complexity index is 1460. The van der Waals surface area contributed by atoms with E-state index < -0.39 is 17.8 Å². The minimum absolute atomic E-state index is 0.0226. The van der Waals surface area contributed by atoms with Crippen molar-refractivity contribution in [1.82, 2.24) is 5.32 Å². The molecule has 0 spiro atoms. The molecule has 0 heterocycles. The van der Waals surface area contributed by atoms with Crippen LogP contribution in [0.1, 0.15) is 34.7 Å². The molecule has 4 rings (SSSR count). The fourth-order valence-electron chi connectivity index (χ4n) is 4.79. The molecule has 2 N–H and O–H groups in total. The Hall–Kier alpha value is -3.99. The highest BCUT2D eigenvalue weighted by Gasteiger charge is 2.31. The first-order valence-electron chi connectivity index (χ1n) is 12.4. The Kier molecular flexibility index (Phi) is 8.73. The van der Waals surface area contributed by atoms with Crippen molar-refractivity contribution in [2.45, 2.75) is 31.7 Å². The largest absolute Gasteiger partial charge is 0.493 e. The molecule has 0 saturated carbocycles. The van der Waals surface area contributed by atoms with Crippen molar-refractivity contribution in [3.63, 3.8) is 0 Å². The average molecular weight is 575 g/mol. The molecular formula is C29H29F3N2O5S. The summed E-state index contributed by atoms with van der Waals surface area (Å²) >= 11 is 5.45. The number of nitrogens with one attached hydrogen (secondary N) is 2. The van der Waals surface area contributed by atoms with Crippen LogP contribution < -0.4 is 30.3 Å². The van der Waals surface area contributed by atoms with Gasteiger partial charge in [-0.25, -0.2) is 0 Å². The van der Waals surface area contributed by atoms with Gasteiger partial charge in [0.2, 0.25) is 11.2 Å². The van der Waals surface area contributed by atoms with Crippen LogP contribution in [0.15, 0.2) is 53.3 Å². The topological polar surface area (TPSA) is 78.1 Å². The van der Waals surface area contributed by atoms with E-state index in [1.165, 1.54) is 19.2 Å². The maximum Gasteiger partial charge on any atom is 0.416 e. The molecule has 1 aliphatic rings. The van der Waals surface area contributed by atoms with Gasteiger partial charge in [-0.2, -0.15) is 13.2 Å². The molecule has 1 atom stereocenters. The van der Waals surface area contributed by atoms with E-state index in [1.54, 1.807) is 33.4 Å². The number of rotatable bonds is 7. The summed E-state index contributed by atoms with van der Waals surface area (Å²) in [6, 6.07) is 11.3. The van der Waals surface area contributed by atoms with Crippen molar-refractivity contribution in [3.8, 4) is 28.4 Å². The van der Waals surface area contributed by atoms with Crippen LogP contribution in [0.4, 0.5) is 18.9 Å². The van der Waals surface area contributed by atoms with E-state index in [-0.39, 0.29) is 17.2 Å². The quantitative estimate of drug-likeness (QED) is 0.339. The summed E-state index contributed by atoms with van der Waals surface area (Å²) < 4.78 is 61.3. The Morgan fingerprint density at radius 2 is 1.70 bits per heavy atom. The lowest BCUT2D eigenvalue weighted by molar-refractivity contribution is -0.137. The van der Waals surface area contributed by atoms with Crippen molar-refractivity contribution in [1.29, 1.82) is 0 Å². The Morgan fingerprint density at radius 3 is 2.30 bits per heavy atom. The van der Waals surface area contributed by atoms with Gasteiger partial charge in [0.15, 0.2) is 11.5 Å². The van der Waals surface area contributed by atoms with E-state index in [4.69, 9.17) is 31.2 Å². The van der Waals surface area contributed by atoms with Gasteiger partial charge in [0.1, 0.15) is 6.61 Å². The van der Waals surface area contributed by atoms with E-state index in [0.717, 1.165) is 28.8 Å². The van der Waals surface area contributed by atoms with Crippen LogP contribution in [0.5, 0.6) is 17.2 Å². The van der Waals surface area contributed by atoms with Crippen molar-refractivity contribution in [3.05, 3.63) is 81.0 Å². The summed E-state index contributed by atoms with van der Waals surface area (Å²) in [5.41, 5.74) is 3.11. The Balaban J connectivity index is 1.70. The van der Waals surface area contributed by atoms with Gasteiger partial charge in [0.25, 0.3) is 5.17 Å². The lowest BCUT2D eigenvalue weighted by Gasteiger charge is -2.21. The van der Waals surface area contributed by atoms with Gasteiger partial charge >= 0.3 is 6.18 Å². The number of alkyl halides is 3. The first kappa shape index (κ1) is 29.0. The number of anilines is 1. The fraction of sp³-hybridized carbons (Fsp3) is 0.310. The third kappa shape index (κ3) is 5.94. The van der Waals surface area contributed by atoms with Crippen LogP contribution in [0.25, 0.3) is 11.1 Å². The lowest BCUT2D eigenvalue weighted by Crippen LogP contribution is -2.29. The number of hydrogen-bond donors (Lipinski definition) is 2. The molecule has 0 unspecified atom stereocenters. The molecule has 7 nitrogen and oxygen atoms in total. The van der Waals surface area contributed by atoms with Crippen molar-refractivity contribution in [2.75, 3.05) is 33.7 Å². The molecule has 1 aliphatic carbocycles. The van der Waals surface area contributed by atoms with Gasteiger partial charge in [-0.15, -0.1) is 0 Å². The highest BCUT2D eigenvalue weighted by molar-refractivity contribution is 7.80. The van der Waals surface area contributed by atoms with Gasteiger partial charge < -0.3 is 29.6 Å². The number of halogens is 3. The summed E-state index contributed by atoms with van der Waals surface area (Å²) in [5.74, 6) is 1.42. The summed E-state index contributed by atoms with van der Waals surface area (Å²) in [5, 5.41) is 6.17. The molecular weight excluding hydrogens is 545 g/mol. The molecule has 3 aromatic rings. The maximum atomic E-state index is 13.1. The summed E-state index contributed by atoms with van der Waals surface area (Å²) in [7, 11) is 6.29. The predicted octanol–water partition coefficient (Wildman–Crippen LogP) is 5.88. The maximum absolute atomic E-state index is 13.1. The first-order valence-corrected chi connectivity index (χ1v) is 12.8. The number of ether oxygens (including phenoxy) is 4. The van der Waals surface area contributed by atoms with Gasteiger partial charge in [0, 0.05) is 12.6 Å². The van der Waals surface area contributed by atoms with E-state index >= 15 is 0 Å².